The molecule has 0 aliphatic rings. The smallest absolute Gasteiger partial charge is 0.250 e. The van der Waals surface area contributed by atoms with Crippen LogP contribution in [0.5, 0.6) is 0 Å². The van der Waals surface area contributed by atoms with E-state index < -0.39 is 12.1 Å². The Morgan fingerprint density at radius 3 is 2.73 bits per heavy atom. The second-order valence-corrected chi connectivity index (χ2v) is 8.09. The van der Waals surface area contributed by atoms with E-state index in [1.165, 1.54) is 23.5 Å². The summed E-state index contributed by atoms with van der Waals surface area (Å²) in [6, 6.07) is 8.97. The van der Waals surface area contributed by atoms with Crippen molar-refractivity contribution in [1.29, 1.82) is 0 Å². The topological polar surface area (TPSA) is 113 Å². The maximum absolute atomic E-state index is 14.5. The molecule has 10 heteroatoms. The molecule has 0 radical (unpaired) electrons. The van der Waals surface area contributed by atoms with Crippen LogP contribution in [0.4, 0.5) is 15.9 Å². The highest BCUT2D eigenvalue weighted by Crippen LogP contribution is 2.20. The van der Waals surface area contributed by atoms with E-state index in [4.69, 9.17) is 0 Å². The predicted molar refractivity (Wildman–Crippen MR) is 142 cm³/mol. The van der Waals surface area contributed by atoms with Gasteiger partial charge in [0.25, 0.3) is 0 Å². The first kappa shape index (κ1) is 29.3. The van der Waals surface area contributed by atoms with Gasteiger partial charge in [-0.25, -0.2) is 14.4 Å². The molecule has 2 heterocycles. The fourth-order valence-corrected chi connectivity index (χ4v) is 3.50. The fraction of sp³-hybridized carbons (Fsp3) is 0.370. The van der Waals surface area contributed by atoms with E-state index in [0.717, 1.165) is 5.56 Å². The highest BCUT2D eigenvalue weighted by Gasteiger charge is 2.21. The molecular formula is C27H35FN6O3. The number of aliphatic hydroxyl groups is 1. The van der Waals surface area contributed by atoms with Gasteiger partial charge in [0.05, 0.1) is 12.1 Å². The van der Waals surface area contributed by atoms with Crippen LogP contribution in [0.15, 0.2) is 61.7 Å². The molecule has 2 atom stereocenters. The van der Waals surface area contributed by atoms with Crippen molar-refractivity contribution < 1.29 is 19.1 Å². The number of aliphatic hydroxyl groups excluding tert-OH is 1. The first-order valence-electron chi connectivity index (χ1n) is 12.2. The van der Waals surface area contributed by atoms with Crippen LogP contribution in [0, 0.1) is 5.92 Å². The summed E-state index contributed by atoms with van der Waals surface area (Å²) in [5.41, 5.74) is 1.85. The molecule has 0 bridgehead atoms. The molecule has 2 unspecified atom stereocenters. The molecule has 0 fully saturated rings. The predicted octanol–water partition coefficient (Wildman–Crippen LogP) is 4.24. The second-order valence-electron chi connectivity index (χ2n) is 8.09. The number of alkyl halides is 1. The molecule has 1 amide bonds. The lowest BCUT2D eigenvalue weighted by atomic mass is 10.0. The summed E-state index contributed by atoms with van der Waals surface area (Å²) in [5.74, 6) is -0.788. The zero-order valence-corrected chi connectivity index (χ0v) is 21.8. The first-order chi connectivity index (χ1) is 17.9. The molecule has 198 valence electrons. The standard InChI is InChI=1S/C25H29FN6O3.C2H6/c1-4-17(15-33)12-22(26)29-25-20(13-27-16-28-25)24(35)21-9-10-32(30-21)14-18-7-6-8-19(11-18)31(3)23(34)5-2;1-2/h5-11,13,16-17,22,33H,2,4,12,14-15H2,1,3H3,(H,27,28,29);1-2H3. The molecule has 2 aromatic heterocycles. The molecule has 1 aromatic carbocycles. The third-order valence-corrected chi connectivity index (χ3v) is 5.65. The monoisotopic (exact) mass is 510 g/mol. The van der Waals surface area contributed by atoms with Crippen molar-refractivity contribution in [2.75, 3.05) is 23.9 Å². The average molecular weight is 511 g/mol. The number of hydrogen-bond acceptors (Lipinski definition) is 7. The van der Waals surface area contributed by atoms with E-state index in [0.29, 0.717) is 18.7 Å². The van der Waals surface area contributed by atoms with Crippen molar-refractivity contribution in [1.82, 2.24) is 19.7 Å². The summed E-state index contributed by atoms with van der Waals surface area (Å²) in [4.78, 5) is 34.4. The Kier molecular flexibility index (Phi) is 11.6. The van der Waals surface area contributed by atoms with Crippen LogP contribution in [-0.2, 0) is 11.3 Å². The van der Waals surface area contributed by atoms with Crippen molar-refractivity contribution in [3.63, 3.8) is 0 Å². The largest absolute Gasteiger partial charge is 0.396 e. The van der Waals surface area contributed by atoms with Crippen LogP contribution in [0.1, 0.15) is 55.2 Å². The van der Waals surface area contributed by atoms with Gasteiger partial charge in [-0.3, -0.25) is 14.3 Å². The molecule has 37 heavy (non-hydrogen) atoms. The average Bonchev–Trinajstić information content (AvgIpc) is 3.40. The highest BCUT2D eigenvalue weighted by atomic mass is 19.1. The number of benzene rings is 1. The third kappa shape index (κ3) is 8.04. The quantitative estimate of drug-likeness (QED) is 0.213. The number of anilines is 2. The minimum Gasteiger partial charge on any atom is -0.396 e. The Balaban J connectivity index is 0.00000235. The second kappa shape index (κ2) is 14.6. The summed E-state index contributed by atoms with van der Waals surface area (Å²) in [6.07, 6.45) is 4.71. The minimum absolute atomic E-state index is 0.0717. The Hall–Kier alpha value is -3.92. The summed E-state index contributed by atoms with van der Waals surface area (Å²) < 4.78 is 16.1. The maximum Gasteiger partial charge on any atom is 0.250 e. The van der Waals surface area contributed by atoms with Crippen LogP contribution in [0.25, 0.3) is 0 Å². The van der Waals surface area contributed by atoms with E-state index in [1.807, 2.05) is 45.0 Å². The Morgan fingerprint density at radius 2 is 2.05 bits per heavy atom. The number of carbonyl (C=O) groups is 2. The van der Waals surface area contributed by atoms with Crippen molar-refractivity contribution in [2.45, 2.75) is 46.5 Å². The van der Waals surface area contributed by atoms with E-state index >= 15 is 0 Å². The molecule has 2 N–H and O–H groups in total. The molecule has 0 saturated carbocycles. The molecule has 9 nitrogen and oxygen atoms in total. The van der Waals surface area contributed by atoms with Crippen LogP contribution in [0.3, 0.4) is 0 Å². The van der Waals surface area contributed by atoms with Crippen molar-refractivity contribution in [2.24, 2.45) is 5.92 Å². The molecule has 0 aliphatic carbocycles. The molecule has 0 aliphatic heterocycles. The Bertz CT molecular complexity index is 1180. The summed E-state index contributed by atoms with van der Waals surface area (Å²) in [7, 11) is 1.66. The van der Waals surface area contributed by atoms with Crippen LogP contribution >= 0.6 is 0 Å². The third-order valence-electron chi connectivity index (χ3n) is 5.65. The van der Waals surface area contributed by atoms with Crippen LogP contribution < -0.4 is 10.2 Å². The van der Waals surface area contributed by atoms with E-state index in [9.17, 15) is 19.1 Å². The number of nitrogens with one attached hydrogen (secondary N) is 1. The first-order valence-corrected chi connectivity index (χ1v) is 12.2. The lowest BCUT2D eigenvalue weighted by molar-refractivity contribution is -0.113. The summed E-state index contributed by atoms with van der Waals surface area (Å²) in [6.45, 7) is 9.64. The molecule has 0 spiro atoms. The zero-order valence-electron chi connectivity index (χ0n) is 21.8. The number of carbonyl (C=O) groups excluding carboxylic acids is 2. The van der Waals surface area contributed by atoms with Gasteiger partial charge in [0, 0.05) is 38.2 Å². The number of hydrogen-bond donors (Lipinski definition) is 2. The Labute approximate surface area is 217 Å². The van der Waals surface area contributed by atoms with Gasteiger partial charge >= 0.3 is 0 Å². The number of nitrogens with zero attached hydrogens (tertiary/aromatic N) is 5. The van der Waals surface area contributed by atoms with E-state index in [1.54, 1.807) is 24.0 Å². The number of rotatable bonds is 12. The van der Waals surface area contributed by atoms with Crippen molar-refractivity contribution in [3.05, 3.63) is 78.5 Å². The van der Waals surface area contributed by atoms with Crippen molar-refractivity contribution >= 4 is 23.2 Å². The van der Waals surface area contributed by atoms with Gasteiger partial charge in [0.1, 0.15) is 17.8 Å². The van der Waals surface area contributed by atoms with Gasteiger partial charge in [-0.2, -0.15) is 5.10 Å². The number of ketones is 1. The lowest BCUT2D eigenvalue weighted by Crippen LogP contribution is -2.23. The number of amides is 1. The molecule has 3 rings (SSSR count). The highest BCUT2D eigenvalue weighted by molar-refractivity contribution is 6.10. The number of likely N-dealkylation sites (N-methyl/N-ethyl adjacent to an activating group) is 1. The SMILES string of the molecule is C=CC(=O)N(C)c1cccc(Cn2ccc(C(=O)c3cncnc3NC(F)CC(CC)CO)n2)c1.CC. The van der Waals surface area contributed by atoms with E-state index in [2.05, 4.69) is 27.0 Å². The van der Waals surface area contributed by atoms with Crippen LogP contribution in [-0.4, -0.2) is 56.5 Å². The number of aromatic nitrogens is 4. The Morgan fingerprint density at radius 1 is 1.30 bits per heavy atom. The zero-order chi connectivity index (χ0) is 27.4. The molecule has 0 saturated heterocycles. The molecule has 3 aromatic rings. The van der Waals surface area contributed by atoms with Gasteiger partial charge < -0.3 is 15.3 Å². The minimum atomic E-state index is -1.48. The van der Waals surface area contributed by atoms with Gasteiger partial charge in [0.2, 0.25) is 11.7 Å². The summed E-state index contributed by atoms with van der Waals surface area (Å²) >= 11 is 0. The van der Waals surface area contributed by atoms with Crippen molar-refractivity contribution in [3.8, 4) is 0 Å². The van der Waals surface area contributed by atoms with Gasteiger partial charge in [-0.15, -0.1) is 0 Å². The van der Waals surface area contributed by atoms with Crippen LogP contribution in [0.2, 0.25) is 0 Å². The summed E-state index contributed by atoms with van der Waals surface area (Å²) in [5, 5.41) is 16.3. The molecular weight excluding hydrogens is 475 g/mol. The van der Waals surface area contributed by atoms with Gasteiger partial charge in [0.15, 0.2) is 6.30 Å². The maximum atomic E-state index is 14.5. The lowest BCUT2D eigenvalue weighted by Gasteiger charge is -2.17. The van der Waals surface area contributed by atoms with Gasteiger partial charge in [-0.05, 0) is 35.8 Å². The van der Waals surface area contributed by atoms with Gasteiger partial charge in [-0.1, -0.05) is 45.9 Å². The normalized spacial score (nSPS) is 12.1. The number of halogens is 1. The fourth-order valence-electron chi connectivity index (χ4n) is 3.50. The van der Waals surface area contributed by atoms with E-state index in [-0.39, 0.29) is 41.9 Å².